The second-order valence-electron chi connectivity index (χ2n) is 4.38. The van der Waals surface area contributed by atoms with E-state index in [-0.39, 0.29) is 11.1 Å². The predicted octanol–water partition coefficient (Wildman–Crippen LogP) is 3.11. The number of nitrogens with zero attached hydrogens (tertiary/aromatic N) is 1. The third-order valence-electron chi connectivity index (χ3n) is 2.76. The third kappa shape index (κ3) is 4.65. The summed E-state index contributed by atoms with van der Waals surface area (Å²) in [6.07, 6.45) is 2.48. The first-order valence-electron chi connectivity index (χ1n) is 6.54. The van der Waals surface area contributed by atoms with E-state index in [9.17, 15) is 4.79 Å². The Morgan fingerprint density at radius 3 is 2.86 bits per heavy atom. The maximum atomic E-state index is 11.8. The number of para-hydroxylation sites is 2. The minimum Gasteiger partial charge on any atom is -0.491 e. The van der Waals surface area contributed by atoms with Crippen molar-refractivity contribution in [3.05, 3.63) is 47.7 Å². The number of carbonyl (C=O) groups is 1. The molecule has 0 unspecified atom stereocenters. The van der Waals surface area contributed by atoms with Crippen LogP contribution in [0.1, 0.15) is 12.8 Å². The van der Waals surface area contributed by atoms with Gasteiger partial charge in [0, 0.05) is 12.6 Å². The number of nitrogens with one attached hydrogen (secondary N) is 1. The number of hydrogen-bond acceptors (Lipinski definition) is 4. The number of hydrogen-bond donors (Lipinski definition) is 2. The fourth-order valence-corrected chi connectivity index (χ4v) is 1.89. The van der Waals surface area contributed by atoms with Crippen LogP contribution in [0.3, 0.4) is 0 Å². The summed E-state index contributed by atoms with van der Waals surface area (Å²) >= 11 is 5.86. The van der Waals surface area contributed by atoms with E-state index >= 15 is 0 Å². The Hall–Kier alpha value is -2.27. The van der Waals surface area contributed by atoms with E-state index in [2.05, 4.69) is 10.3 Å². The van der Waals surface area contributed by atoms with E-state index in [4.69, 9.17) is 22.1 Å². The van der Waals surface area contributed by atoms with E-state index in [0.29, 0.717) is 36.6 Å². The molecule has 0 atom stereocenters. The van der Waals surface area contributed by atoms with Gasteiger partial charge in [0.05, 0.1) is 18.0 Å². The highest BCUT2D eigenvalue weighted by molar-refractivity contribution is 6.32. The van der Waals surface area contributed by atoms with Gasteiger partial charge in [0.2, 0.25) is 5.91 Å². The van der Waals surface area contributed by atoms with E-state index in [1.54, 1.807) is 30.5 Å². The maximum absolute atomic E-state index is 11.8. The van der Waals surface area contributed by atoms with E-state index < -0.39 is 0 Å². The Labute approximate surface area is 128 Å². The van der Waals surface area contributed by atoms with Crippen LogP contribution in [-0.4, -0.2) is 17.5 Å². The van der Waals surface area contributed by atoms with Crippen LogP contribution >= 0.6 is 11.6 Å². The topological polar surface area (TPSA) is 77.2 Å². The van der Waals surface area contributed by atoms with Gasteiger partial charge in [0.25, 0.3) is 0 Å². The molecule has 0 saturated heterocycles. The van der Waals surface area contributed by atoms with Gasteiger partial charge in [-0.15, -0.1) is 0 Å². The average Bonchev–Trinajstić information content (AvgIpc) is 2.48. The Morgan fingerprint density at radius 2 is 2.10 bits per heavy atom. The number of rotatable bonds is 6. The van der Waals surface area contributed by atoms with Crippen molar-refractivity contribution in [3.63, 3.8) is 0 Å². The van der Waals surface area contributed by atoms with Gasteiger partial charge in [-0.2, -0.15) is 0 Å². The second-order valence-corrected chi connectivity index (χ2v) is 4.74. The van der Waals surface area contributed by atoms with E-state index in [1.165, 1.54) is 0 Å². The Morgan fingerprint density at radius 1 is 1.29 bits per heavy atom. The van der Waals surface area contributed by atoms with Gasteiger partial charge in [-0.25, -0.2) is 4.98 Å². The van der Waals surface area contributed by atoms with Crippen molar-refractivity contribution >= 4 is 28.9 Å². The number of amides is 1. The first-order chi connectivity index (χ1) is 10.2. The number of ether oxygens (including phenoxy) is 1. The Kier molecular flexibility index (Phi) is 5.40. The number of pyridine rings is 1. The first-order valence-corrected chi connectivity index (χ1v) is 6.92. The lowest BCUT2D eigenvalue weighted by Gasteiger charge is -2.09. The monoisotopic (exact) mass is 305 g/mol. The van der Waals surface area contributed by atoms with Crippen molar-refractivity contribution in [3.8, 4) is 5.75 Å². The zero-order valence-electron chi connectivity index (χ0n) is 11.4. The number of benzene rings is 1. The van der Waals surface area contributed by atoms with Crippen molar-refractivity contribution in [1.82, 2.24) is 4.98 Å². The summed E-state index contributed by atoms with van der Waals surface area (Å²) in [7, 11) is 0. The summed E-state index contributed by atoms with van der Waals surface area (Å²) in [4.78, 5) is 15.7. The van der Waals surface area contributed by atoms with E-state index in [0.717, 1.165) is 0 Å². The zero-order valence-corrected chi connectivity index (χ0v) is 12.1. The number of nitrogens with two attached hydrogens (primary N) is 1. The third-order valence-corrected chi connectivity index (χ3v) is 3.06. The molecule has 0 aliphatic heterocycles. The van der Waals surface area contributed by atoms with Crippen LogP contribution in [-0.2, 0) is 4.79 Å². The molecular formula is C15H16ClN3O2. The Balaban J connectivity index is 1.73. The summed E-state index contributed by atoms with van der Waals surface area (Å²) in [5, 5.41) is 2.98. The molecule has 0 fully saturated rings. The molecule has 0 radical (unpaired) electrons. The summed E-state index contributed by atoms with van der Waals surface area (Å²) < 4.78 is 5.52. The van der Waals surface area contributed by atoms with Crippen LogP contribution in [0.15, 0.2) is 42.6 Å². The highest BCUT2D eigenvalue weighted by Crippen LogP contribution is 2.20. The van der Waals surface area contributed by atoms with Crippen LogP contribution in [0.4, 0.5) is 11.4 Å². The molecule has 0 aliphatic carbocycles. The minimum atomic E-state index is -0.130. The quantitative estimate of drug-likeness (QED) is 0.488. The van der Waals surface area contributed by atoms with Crippen molar-refractivity contribution < 1.29 is 9.53 Å². The molecule has 3 N–H and O–H groups in total. The maximum Gasteiger partial charge on any atom is 0.224 e. The molecule has 0 bridgehead atoms. The van der Waals surface area contributed by atoms with E-state index in [1.807, 2.05) is 12.1 Å². The minimum absolute atomic E-state index is 0.130. The SMILES string of the molecule is Nc1ccccc1OCCCC(=O)Nc1cccnc1Cl. The van der Waals surface area contributed by atoms with Gasteiger partial charge in [0.15, 0.2) is 5.15 Å². The number of aromatic nitrogens is 1. The molecule has 0 saturated carbocycles. The molecule has 5 nitrogen and oxygen atoms in total. The lowest BCUT2D eigenvalue weighted by molar-refractivity contribution is -0.116. The molecule has 21 heavy (non-hydrogen) atoms. The van der Waals surface area contributed by atoms with Crippen molar-refractivity contribution in [2.24, 2.45) is 0 Å². The molecule has 1 amide bonds. The van der Waals surface area contributed by atoms with Crippen LogP contribution in [0.25, 0.3) is 0 Å². The van der Waals surface area contributed by atoms with Crippen LogP contribution < -0.4 is 15.8 Å². The molecule has 2 rings (SSSR count). The van der Waals surface area contributed by atoms with Gasteiger partial charge >= 0.3 is 0 Å². The fourth-order valence-electron chi connectivity index (χ4n) is 1.72. The fraction of sp³-hybridized carbons (Fsp3) is 0.200. The number of halogens is 1. The first kappa shape index (κ1) is 15.1. The summed E-state index contributed by atoms with van der Waals surface area (Å²) in [5.74, 6) is 0.503. The van der Waals surface area contributed by atoms with Crippen molar-refractivity contribution in [1.29, 1.82) is 0 Å². The Bertz CT molecular complexity index is 619. The van der Waals surface area contributed by atoms with Crippen molar-refractivity contribution in [2.45, 2.75) is 12.8 Å². The molecular weight excluding hydrogens is 290 g/mol. The van der Waals surface area contributed by atoms with Crippen LogP contribution in [0, 0.1) is 0 Å². The number of nitrogen functional groups attached to an aromatic ring is 1. The molecule has 6 heteroatoms. The number of carbonyl (C=O) groups excluding carboxylic acids is 1. The van der Waals surface area contributed by atoms with Crippen LogP contribution in [0.2, 0.25) is 5.15 Å². The number of anilines is 2. The summed E-state index contributed by atoms with van der Waals surface area (Å²) in [6, 6.07) is 10.7. The lowest BCUT2D eigenvalue weighted by atomic mass is 10.3. The normalized spacial score (nSPS) is 10.1. The molecule has 0 aliphatic rings. The molecule has 0 spiro atoms. The second kappa shape index (κ2) is 7.50. The molecule has 1 aromatic carbocycles. The van der Waals surface area contributed by atoms with Crippen LogP contribution in [0.5, 0.6) is 5.75 Å². The smallest absolute Gasteiger partial charge is 0.224 e. The summed E-state index contributed by atoms with van der Waals surface area (Å²) in [5.41, 5.74) is 6.85. The van der Waals surface area contributed by atoms with Gasteiger partial charge in [-0.1, -0.05) is 23.7 Å². The molecule has 1 aromatic heterocycles. The van der Waals surface area contributed by atoms with Gasteiger partial charge in [0.1, 0.15) is 5.75 Å². The predicted molar refractivity (Wildman–Crippen MR) is 83.5 cm³/mol. The van der Waals surface area contributed by atoms with Gasteiger partial charge < -0.3 is 15.8 Å². The van der Waals surface area contributed by atoms with Crippen molar-refractivity contribution in [2.75, 3.05) is 17.7 Å². The highest BCUT2D eigenvalue weighted by Gasteiger charge is 2.06. The highest BCUT2D eigenvalue weighted by atomic mass is 35.5. The zero-order chi connectivity index (χ0) is 15.1. The molecule has 2 aromatic rings. The standard InChI is InChI=1S/C15H16ClN3O2/c16-15-12(6-3-9-18-15)19-14(20)8-4-10-21-13-7-2-1-5-11(13)17/h1-3,5-7,9H,4,8,10,17H2,(H,19,20). The van der Waals surface area contributed by atoms with Gasteiger partial charge in [-0.3, -0.25) is 4.79 Å². The lowest BCUT2D eigenvalue weighted by Crippen LogP contribution is -2.13. The largest absolute Gasteiger partial charge is 0.491 e. The summed E-state index contributed by atoms with van der Waals surface area (Å²) in [6.45, 7) is 0.419. The average molecular weight is 306 g/mol. The molecule has 110 valence electrons. The molecule has 1 heterocycles. The van der Waals surface area contributed by atoms with Gasteiger partial charge in [-0.05, 0) is 30.7 Å².